The van der Waals surface area contributed by atoms with Gasteiger partial charge in [-0.2, -0.15) is 0 Å². The van der Waals surface area contributed by atoms with Crippen LogP contribution in [0.4, 0.5) is 5.82 Å². The summed E-state index contributed by atoms with van der Waals surface area (Å²) in [6, 6.07) is 0.208. The molecule has 2 aromatic rings. The molecule has 7 heteroatoms. The van der Waals surface area contributed by atoms with Crippen molar-refractivity contribution in [1.82, 2.24) is 19.5 Å². The Morgan fingerprint density at radius 2 is 2.04 bits per heavy atom. The molecule has 0 bridgehead atoms. The van der Waals surface area contributed by atoms with E-state index in [0.717, 1.165) is 36.4 Å². The van der Waals surface area contributed by atoms with Gasteiger partial charge < -0.3 is 19.7 Å². The highest BCUT2D eigenvalue weighted by Gasteiger charge is 2.22. The minimum absolute atomic E-state index is 0.187. The lowest BCUT2D eigenvalue weighted by Crippen LogP contribution is -2.39. The molecule has 7 nitrogen and oxygen atoms in total. The van der Waals surface area contributed by atoms with Gasteiger partial charge in [-0.05, 0) is 40.5 Å². The molecule has 0 aromatic carbocycles. The molecule has 0 spiro atoms. The van der Waals surface area contributed by atoms with Gasteiger partial charge in [-0.3, -0.25) is 0 Å². The van der Waals surface area contributed by atoms with Crippen LogP contribution in [0.5, 0.6) is 0 Å². The number of fused-ring (bicyclic) bond motifs is 1. The summed E-state index contributed by atoms with van der Waals surface area (Å²) in [7, 11) is 0. The minimum Gasteiger partial charge on any atom is -0.396 e. The fourth-order valence-electron chi connectivity index (χ4n) is 2.72. The van der Waals surface area contributed by atoms with Crippen molar-refractivity contribution in [3.8, 4) is 0 Å². The third kappa shape index (κ3) is 4.17. The fraction of sp³-hybridized carbons (Fsp3) is 0.688. The van der Waals surface area contributed by atoms with Gasteiger partial charge in [-0.15, -0.1) is 0 Å². The number of anilines is 1. The van der Waals surface area contributed by atoms with Gasteiger partial charge in [0.2, 0.25) is 0 Å². The van der Waals surface area contributed by atoms with E-state index in [1.165, 1.54) is 0 Å². The number of nitrogens with zero attached hydrogens (tertiary/aromatic N) is 5. The highest BCUT2D eigenvalue weighted by molar-refractivity contribution is 5.83. The number of hydrogen-bond donors (Lipinski definition) is 2. The number of likely N-dealkylation sites (N-methyl/N-ethyl adjacent to an activating group) is 1. The SMILES string of the molecule is CCN(CC(C)(C)O)c1ncnc2c1ncn2C(C)CCCO. The molecular formula is C16H27N5O2. The van der Waals surface area contributed by atoms with Gasteiger partial charge in [0.25, 0.3) is 0 Å². The molecule has 128 valence electrons. The quantitative estimate of drug-likeness (QED) is 0.770. The summed E-state index contributed by atoms with van der Waals surface area (Å²) in [5.74, 6) is 0.743. The molecule has 2 rings (SSSR count). The normalized spacial score (nSPS) is 13.5. The number of aromatic nitrogens is 4. The predicted octanol–water partition coefficient (Wildman–Crippen LogP) is 1.76. The molecule has 0 amide bonds. The first-order valence-electron chi connectivity index (χ1n) is 8.13. The molecule has 23 heavy (non-hydrogen) atoms. The van der Waals surface area contributed by atoms with Crippen LogP contribution in [0.1, 0.15) is 46.6 Å². The Bertz CT molecular complexity index is 635. The average molecular weight is 321 g/mol. The number of aliphatic hydroxyl groups is 2. The maximum Gasteiger partial charge on any atom is 0.165 e. The van der Waals surface area contributed by atoms with E-state index < -0.39 is 5.60 Å². The molecule has 1 unspecified atom stereocenters. The Morgan fingerprint density at radius 3 is 2.65 bits per heavy atom. The minimum atomic E-state index is -0.815. The zero-order valence-corrected chi connectivity index (χ0v) is 14.4. The van der Waals surface area contributed by atoms with Crippen LogP contribution in [0.3, 0.4) is 0 Å². The summed E-state index contributed by atoms with van der Waals surface area (Å²) in [5, 5.41) is 19.1. The van der Waals surface area contributed by atoms with Crippen molar-refractivity contribution in [3.05, 3.63) is 12.7 Å². The van der Waals surface area contributed by atoms with Crippen LogP contribution in [-0.4, -0.2) is 55.0 Å². The molecule has 0 saturated heterocycles. The van der Waals surface area contributed by atoms with Crippen molar-refractivity contribution in [2.75, 3.05) is 24.6 Å². The lowest BCUT2D eigenvalue weighted by Gasteiger charge is -2.28. The second-order valence-corrected chi connectivity index (χ2v) is 6.56. The second kappa shape index (κ2) is 7.23. The first-order chi connectivity index (χ1) is 10.9. The molecule has 0 aliphatic heterocycles. The lowest BCUT2D eigenvalue weighted by atomic mass is 10.1. The van der Waals surface area contributed by atoms with E-state index in [1.807, 2.05) is 16.4 Å². The Labute approximate surface area is 137 Å². The van der Waals surface area contributed by atoms with Crippen molar-refractivity contribution in [2.45, 2.75) is 52.2 Å². The van der Waals surface area contributed by atoms with Gasteiger partial charge in [0, 0.05) is 25.7 Å². The third-order valence-corrected chi connectivity index (χ3v) is 3.85. The molecule has 2 heterocycles. The first kappa shape index (κ1) is 17.6. The highest BCUT2D eigenvalue weighted by atomic mass is 16.3. The molecule has 2 aromatic heterocycles. The molecule has 1 atom stereocenters. The van der Waals surface area contributed by atoms with E-state index >= 15 is 0 Å². The predicted molar refractivity (Wildman–Crippen MR) is 90.5 cm³/mol. The van der Waals surface area contributed by atoms with Crippen molar-refractivity contribution in [1.29, 1.82) is 0 Å². The summed E-state index contributed by atoms with van der Waals surface area (Å²) in [6.45, 7) is 9.07. The van der Waals surface area contributed by atoms with Gasteiger partial charge in [0.15, 0.2) is 17.0 Å². The molecule has 0 radical (unpaired) electrons. The molecule has 2 N–H and O–H groups in total. The van der Waals surface area contributed by atoms with Crippen LogP contribution < -0.4 is 4.90 Å². The maximum absolute atomic E-state index is 10.1. The van der Waals surface area contributed by atoms with Crippen molar-refractivity contribution < 1.29 is 10.2 Å². The van der Waals surface area contributed by atoms with E-state index in [9.17, 15) is 5.11 Å². The standard InChI is InChI=1S/C16H27N5O2/c1-5-20(9-16(3,4)23)14-13-15(18-10-17-14)21(11-19-13)12(2)7-6-8-22/h10-12,22-23H,5-9H2,1-4H3. The van der Waals surface area contributed by atoms with E-state index in [1.54, 1.807) is 26.5 Å². The fourth-order valence-corrected chi connectivity index (χ4v) is 2.72. The number of rotatable bonds is 8. The Kier molecular flexibility index (Phi) is 5.54. The van der Waals surface area contributed by atoms with Crippen LogP contribution >= 0.6 is 0 Å². The van der Waals surface area contributed by atoms with Gasteiger partial charge in [-0.1, -0.05) is 0 Å². The van der Waals surface area contributed by atoms with Crippen molar-refractivity contribution in [3.63, 3.8) is 0 Å². The molecule has 0 saturated carbocycles. The highest BCUT2D eigenvalue weighted by Crippen LogP contribution is 2.26. The summed E-state index contributed by atoms with van der Waals surface area (Å²) in [5.41, 5.74) is 0.716. The Hall–Kier alpha value is -1.73. The summed E-state index contributed by atoms with van der Waals surface area (Å²) >= 11 is 0. The topological polar surface area (TPSA) is 87.3 Å². The Morgan fingerprint density at radius 1 is 1.30 bits per heavy atom. The lowest BCUT2D eigenvalue weighted by molar-refractivity contribution is 0.0874. The summed E-state index contributed by atoms with van der Waals surface area (Å²) in [4.78, 5) is 15.3. The van der Waals surface area contributed by atoms with Crippen LogP contribution in [-0.2, 0) is 0 Å². The van der Waals surface area contributed by atoms with Crippen molar-refractivity contribution in [2.24, 2.45) is 0 Å². The number of aliphatic hydroxyl groups excluding tert-OH is 1. The number of hydrogen-bond acceptors (Lipinski definition) is 6. The van der Waals surface area contributed by atoms with E-state index in [2.05, 4.69) is 21.9 Å². The van der Waals surface area contributed by atoms with E-state index in [4.69, 9.17) is 5.11 Å². The van der Waals surface area contributed by atoms with Crippen LogP contribution in [0.2, 0.25) is 0 Å². The van der Waals surface area contributed by atoms with Crippen LogP contribution in [0.15, 0.2) is 12.7 Å². The summed E-state index contributed by atoms with van der Waals surface area (Å²) in [6.07, 6.45) is 4.94. The van der Waals surface area contributed by atoms with Gasteiger partial charge >= 0.3 is 0 Å². The largest absolute Gasteiger partial charge is 0.396 e. The zero-order chi connectivity index (χ0) is 17.0. The third-order valence-electron chi connectivity index (χ3n) is 3.85. The molecule has 0 aliphatic rings. The molecule has 0 fully saturated rings. The van der Waals surface area contributed by atoms with Crippen LogP contribution in [0, 0.1) is 0 Å². The van der Waals surface area contributed by atoms with E-state index in [0.29, 0.717) is 6.54 Å². The van der Waals surface area contributed by atoms with Crippen molar-refractivity contribution >= 4 is 17.0 Å². The van der Waals surface area contributed by atoms with Crippen LogP contribution in [0.25, 0.3) is 11.2 Å². The summed E-state index contributed by atoms with van der Waals surface area (Å²) < 4.78 is 2.02. The van der Waals surface area contributed by atoms with Gasteiger partial charge in [0.05, 0.1) is 11.9 Å². The molecule has 0 aliphatic carbocycles. The van der Waals surface area contributed by atoms with Gasteiger partial charge in [-0.25, -0.2) is 15.0 Å². The second-order valence-electron chi connectivity index (χ2n) is 6.56. The Balaban J connectivity index is 2.37. The zero-order valence-electron chi connectivity index (χ0n) is 14.4. The maximum atomic E-state index is 10.1. The van der Waals surface area contributed by atoms with Gasteiger partial charge in [0.1, 0.15) is 6.33 Å². The molecular weight excluding hydrogens is 294 g/mol. The average Bonchev–Trinajstić information content (AvgIpc) is 2.93. The first-order valence-corrected chi connectivity index (χ1v) is 8.13. The smallest absolute Gasteiger partial charge is 0.165 e. The monoisotopic (exact) mass is 321 g/mol. The van der Waals surface area contributed by atoms with E-state index in [-0.39, 0.29) is 12.6 Å². The number of imidazole rings is 1.